The van der Waals surface area contributed by atoms with E-state index in [-0.39, 0.29) is 39.0 Å². The van der Waals surface area contributed by atoms with Crippen LogP contribution in [-0.4, -0.2) is 82.4 Å². The van der Waals surface area contributed by atoms with Crippen molar-refractivity contribution in [1.82, 2.24) is 10.2 Å². The number of carbonyl (C=O) groups excluding carboxylic acids is 2. The molecule has 0 amide bonds. The van der Waals surface area contributed by atoms with Crippen LogP contribution in [0.15, 0.2) is 0 Å². The maximum absolute atomic E-state index is 12.1. The van der Waals surface area contributed by atoms with E-state index in [2.05, 4.69) is 5.32 Å². The maximum atomic E-state index is 12.1. The third-order valence-corrected chi connectivity index (χ3v) is 3.31. The normalized spacial score (nSPS) is 13.1. The zero-order chi connectivity index (χ0) is 22.8. The molecule has 0 aliphatic carbocycles. The van der Waals surface area contributed by atoms with Gasteiger partial charge in [0.1, 0.15) is 17.2 Å². The van der Waals surface area contributed by atoms with E-state index in [1.165, 1.54) is 4.90 Å². The number of ether oxygens (including phenoxy) is 2. The third kappa shape index (κ3) is 15.4. The number of rotatable bonds is 12. The summed E-state index contributed by atoms with van der Waals surface area (Å²) in [7, 11) is 0. The molecule has 1 atom stereocenters. The van der Waals surface area contributed by atoms with Crippen LogP contribution in [0.4, 0.5) is 0 Å². The SMILES string of the molecule is CC(C)(C)OC(=O)CN(CCN[C@@H](CCC(=O)O)C(=O)O)CC(=O)OC(C)(C)C. The van der Waals surface area contributed by atoms with Crippen molar-refractivity contribution >= 4 is 23.9 Å². The molecule has 3 N–H and O–H groups in total. The minimum atomic E-state index is -1.17. The molecule has 0 aliphatic rings. The number of aliphatic carboxylic acids is 2. The third-order valence-electron chi connectivity index (χ3n) is 3.31. The van der Waals surface area contributed by atoms with Gasteiger partial charge in [0.2, 0.25) is 0 Å². The highest BCUT2D eigenvalue weighted by Crippen LogP contribution is 2.09. The minimum Gasteiger partial charge on any atom is -0.481 e. The number of carbonyl (C=O) groups is 4. The summed E-state index contributed by atoms with van der Waals surface area (Å²) in [6.45, 7) is 10.3. The van der Waals surface area contributed by atoms with Gasteiger partial charge < -0.3 is 25.0 Å². The number of carboxylic acids is 2. The Kier molecular flexibility index (Phi) is 10.8. The number of hydrogen-bond acceptors (Lipinski definition) is 8. The monoisotopic (exact) mass is 418 g/mol. The average Bonchev–Trinajstić information content (AvgIpc) is 2.45. The van der Waals surface area contributed by atoms with Gasteiger partial charge in [-0.05, 0) is 48.0 Å². The fraction of sp³-hybridized carbons (Fsp3) is 0.789. The summed E-state index contributed by atoms with van der Waals surface area (Å²) in [5.41, 5.74) is -1.36. The zero-order valence-electron chi connectivity index (χ0n) is 18.1. The van der Waals surface area contributed by atoms with Crippen molar-refractivity contribution in [3.8, 4) is 0 Å². The van der Waals surface area contributed by atoms with Crippen molar-refractivity contribution in [3.63, 3.8) is 0 Å². The molecule has 0 aromatic heterocycles. The van der Waals surface area contributed by atoms with E-state index in [1.807, 2.05) is 0 Å². The van der Waals surface area contributed by atoms with E-state index < -0.39 is 41.1 Å². The number of carboxylic acid groups (broad SMARTS) is 2. The molecule has 0 aliphatic heterocycles. The van der Waals surface area contributed by atoms with Gasteiger partial charge in [-0.1, -0.05) is 0 Å². The van der Waals surface area contributed by atoms with Gasteiger partial charge in [0.05, 0.1) is 13.1 Å². The fourth-order valence-corrected chi connectivity index (χ4v) is 2.30. The van der Waals surface area contributed by atoms with E-state index >= 15 is 0 Å². The zero-order valence-corrected chi connectivity index (χ0v) is 18.1. The molecule has 0 aromatic rings. The Bertz CT molecular complexity index is 548. The largest absolute Gasteiger partial charge is 0.481 e. The molecular weight excluding hydrogens is 384 g/mol. The molecule has 10 nitrogen and oxygen atoms in total. The molecule has 29 heavy (non-hydrogen) atoms. The highest BCUT2D eigenvalue weighted by molar-refractivity contribution is 5.76. The van der Waals surface area contributed by atoms with E-state index in [1.54, 1.807) is 41.5 Å². The standard InChI is InChI=1S/C19H34N2O8/c1-18(2,3)28-15(24)11-21(12-16(25)29-19(4,5)6)10-9-20-13(17(26)27)7-8-14(22)23/h13,20H,7-12H2,1-6H3,(H,22,23)(H,26,27)/t13-/m0/s1. The number of hydrogen-bond donors (Lipinski definition) is 3. The van der Waals surface area contributed by atoms with Gasteiger partial charge in [0.15, 0.2) is 0 Å². The first kappa shape index (κ1) is 26.8. The number of nitrogens with zero attached hydrogens (tertiary/aromatic N) is 1. The Hall–Kier alpha value is -2.20. The van der Waals surface area contributed by atoms with Gasteiger partial charge in [0, 0.05) is 19.5 Å². The van der Waals surface area contributed by atoms with Crippen LogP contribution in [0.3, 0.4) is 0 Å². The van der Waals surface area contributed by atoms with Gasteiger partial charge >= 0.3 is 23.9 Å². The van der Waals surface area contributed by atoms with E-state index in [0.717, 1.165) is 0 Å². The summed E-state index contributed by atoms with van der Waals surface area (Å²) in [4.78, 5) is 47.6. The lowest BCUT2D eigenvalue weighted by molar-refractivity contribution is -0.160. The molecule has 168 valence electrons. The van der Waals surface area contributed by atoms with Crippen LogP contribution in [0.2, 0.25) is 0 Å². The minimum absolute atomic E-state index is 0.0806. The second-order valence-corrected chi connectivity index (χ2v) is 8.66. The summed E-state index contributed by atoms with van der Waals surface area (Å²) in [5.74, 6) is -3.31. The van der Waals surface area contributed by atoms with E-state index in [0.29, 0.717) is 0 Å². The average molecular weight is 418 g/mol. The van der Waals surface area contributed by atoms with Crippen molar-refractivity contribution in [3.05, 3.63) is 0 Å². The first-order valence-corrected chi connectivity index (χ1v) is 9.43. The summed E-state index contributed by atoms with van der Waals surface area (Å²) < 4.78 is 10.5. The predicted molar refractivity (Wildman–Crippen MR) is 104 cm³/mol. The first-order chi connectivity index (χ1) is 13.1. The Morgan fingerprint density at radius 2 is 1.34 bits per heavy atom. The first-order valence-electron chi connectivity index (χ1n) is 9.43. The lowest BCUT2D eigenvalue weighted by Crippen LogP contribution is -2.45. The molecule has 0 radical (unpaired) electrons. The molecule has 0 heterocycles. The summed E-state index contributed by atoms with van der Waals surface area (Å²) >= 11 is 0. The lowest BCUT2D eigenvalue weighted by Gasteiger charge is -2.26. The Morgan fingerprint density at radius 3 is 1.69 bits per heavy atom. The summed E-state index contributed by atoms with van der Waals surface area (Å²) in [6.07, 6.45) is -0.369. The van der Waals surface area contributed by atoms with Crippen molar-refractivity contribution in [2.45, 2.75) is 71.6 Å². The summed E-state index contributed by atoms with van der Waals surface area (Å²) in [6, 6.07) is -1.05. The smallest absolute Gasteiger partial charge is 0.320 e. The highest BCUT2D eigenvalue weighted by Gasteiger charge is 2.24. The van der Waals surface area contributed by atoms with Crippen molar-refractivity contribution in [2.24, 2.45) is 0 Å². The lowest BCUT2D eigenvalue weighted by atomic mass is 10.1. The van der Waals surface area contributed by atoms with Crippen LogP contribution in [-0.2, 0) is 28.7 Å². The van der Waals surface area contributed by atoms with E-state index in [4.69, 9.17) is 14.6 Å². The topological polar surface area (TPSA) is 142 Å². The predicted octanol–water partition coefficient (Wildman–Crippen LogP) is 0.879. The van der Waals surface area contributed by atoms with Gasteiger partial charge in [0.25, 0.3) is 0 Å². The molecule has 10 heteroatoms. The van der Waals surface area contributed by atoms with Crippen molar-refractivity contribution in [2.75, 3.05) is 26.2 Å². The van der Waals surface area contributed by atoms with Crippen LogP contribution in [0, 0.1) is 0 Å². The highest BCUT2D eigenvalue weighted by atomic mass is 16.6. The Labute approximate surface area is 171 Å². The molecule has 0 bridgehead atoms. The van der Waals surface area contributed by atoms with Crippen molar-refractivity contribution in [1.29, 1.82) is 0 Å². The van der Waals surface area contributed by atoms with Gasteiger partial charge in [-0.2, -0.15) is 0 Å². The Morgan fingerprint density at radius 1 is 0.897 bits per heavy atom. The van der Waals surface area contributed by atoms with Crippen molar-refractivity contribution < 1.29 is 38.9 Å². The molecule has 0 spiro atoms. The molecular formula is C19H34N2O8. The molecule has 0 rings (SSSR count). The van der Waals surface area contributed by atoms with Gasteiger partial charge in [-0.3, -0.25) is 24.1 Å². The second-order valence-electron chi connectivity index (χ2n) is 8.66. The number of esters is 2. The van der Waals surface area contributed by atoms with E-state index in [9.17, 15) is 24.3 Å². The maximum Gasteiger partial charge on any atom is 0.320 e. The Balaban J connectivity index is 4.90. The van der Waals surface area contributed by atoms with Gasteiger partial charge in [-0.25, -0.2) is 0 Å². The van der Waals surface area contributed by atoms with Crippen LogP contribution in [0.1, 0.15) is 54.4 Å². The fourth-order valence-electron chi connectivity index (χ4n) is 2.30. The molecule has 0 saturated carbocycles. The van der Waals surface area contributed by atoms with Crippen LogP contribution >= 0.6 is 0 Å². The molecule has 0 fully saturated rings. The number of nitrogens with one attached hydrogen (secondary N) is 1. The molecule has 0 aromatic carbocycles. The summed E-state index contributed by atoms with van der Waals surface area (Å²) in [5, 5.41) is 20.6. The van der Waals surface area contributed by atoms with Crippen LogP contribution in [0.25, 0.3) is 0 Å². The molecule has 0 unspecified atom stereocenters. The van der Waals surface area contributed by atoms with Gasteiger partial charge in [-0.15, -0.1) is 0 Å². The quantitative estimate of drug-likeness (QED) is 0.391. The van der Waals surface area contributed by atoms with Crippen LogP contribution < -0.4 is 5.32 Å². The van der Waals surface area contributed by atoms with Crippen LogP contribution in [0.5, 0.6) is 0 Å². The molecule has 0 saturated heterocycles. The second kappa shape index (κ2) is 11.7.